The number of benzene rings is 2. The molecule has 0 aliphatic heterocycles. The number of carbonyl (C=O) groups is 3. The molecule has 0 heterocycles. The Bertz CT molecular complexity index is 1130. The second-order valence-corrected chi connectivity index (χ2v) is 9.76. The van der Waals surface area contributed by atoms with E-state index >= 15 is 0 Å². The molecular formula is C28H32N2O5. The van der Waals surface area contributed by atoms with Gasteiger partial charge in [-0.15, -0.1) is 0 Å². The first-order chi connectivity index (χ1) is 16.7. The molecule has 0 radical (unpaired) electrons. The number of rotatable bonds is 8. The topological polar surface area (TPSA) is 119 Å². The molecule has 7 nitrogen and oxygen atoms in total. The number of ketones is 1. The highest BCUT2D eigenvalue weighted by atomic mass is 16.5. The van der Waals surface area contributed by atoms with Crippen molar-refractivity contribution in [3.63, 3.8) is 0 Å². The molecular weight excluding hydrogens is 444 g/mol. The predicted molar refractivity (Wildman–Crippen MR) is 133 cm³/mol. The number of alkyl carbamates (subject to hydrolysis) is 1. The Morgan fingerprint density at radius 2 is 1.71 bits per heavy atom. The number of nitrogens with one attached hydrogen (secondary N) is 1. The van der Waals surface area contributed by atoms with Crippen LogP contribution in [-0.2, 0) is 14.3 Å². The summed E-state index contributed by atoms with van der Waals surface area (Å²) in [5.74, 6) is -2.92. The van der Waals surface area contributed by atoms with Crippen LogP contribution in [-0.4, -0.2) is 41.1 Å². The minimum absolute atomic E-state index is 0.0386. The van der Waals surface area contributed by atoms with E-state index in [9.17, 15) is 19.5 Å². The number of hydrogen-bond donors (Lipinski definition) is 3. The average molecular weight is 477 g/mol. The molecule has 0 bridgehead atoms. The van der Waals surface area contributed by atoms with E-state index in [2.05, 4.69) is 24.0 Å². The summed E-state index contributed by atoms with van der Waals surface area (Å²) in [7, 11) is 0. The molecule has 2 aromatic carbocycles. The van der Waals surface area contributed by atoms with Crippen LogP contribution in [0.4, 0.5) is 4.79 Å². The number of carbonyl (C=O) groups excluding carboxylic acids is 2. The van der Waals surface area contributed by atoms with Crippen LogP contribution in [0.1, 0.15) is 50.2 Å². The first-order valence-electron chi connectivity index (χ1n) is 12.0. The number of aliphatic carboxylic acids is 1. The van der Waals surface area contributed by atoms with Crippen LogP contribution in [0.15, 0.2) is 60.7 Å². The zero-order chi connectivity index (χ0) is 25.3. The van der Waals surface area contributed by atoms with Gasteiger partial charge in [0.2, 0.25) is 0 Å². The quantitative estimate of drug-likeness (QED) is 0.490. The van der Waals surface area contributed by atoms with Gasteiger partial charge in [-0.25, -0.2) is 4.79 Å². The summed E-state index contributed by atoms with van der Waals surface area (Å²) in [6.07, 6.45) is 0.135. The Kier molecular flexibility index (Phi) is 6.81. The van der Waals surface area contributed by atoms with E-state index in [0.717, 1.165) is 22.3 Å². The third-order valence-corrected chi connectivity index (χ3v) is 7.54. The van der Waals surface area contributed by atoms with Gasteiger partial charge in [0.05, 0.1) is 12.0 Å². The summed E-state index contributed by atoms with van der Waals surface area (Å²) in [4.78, 5) is 38.3. The van der Waals surface area contributed by atoms with E-state index in [1.807, 2.05) is 50.2 Å². The molecule has 2 aliphatic rings. The Balaban J connectivity index is 1.49. The van der Waals surface area contributed by atoms with Crippen LogP contribution in [0, 0.1) is 11.8 Å². The molecule has 0 spiro atoms. The first kappa shape index (κ1) is 24.7. The van der Waals surface area contributed by atoms with E-state index in [1.54, 1.807) is 0 Å². The molecule has 0 aromatic heterocycles. The number of fused-ring (bicyclic) bond motifs is 3. The van der Waals surface area contributed by atoms with Crippen molar-refractivity contribution in [3.05, 3.63) is 71.8 Å². The number of carboxylic acid groups (broad SMARTS) is 1. The maximum absolute atomic E-state index is 13.5. The van der Waals surface area contributed by atoms with Gasteiger partial charge in [-0.2, -0.15) is 0 Å². The second kappa shape index (κ2) is 9.66. The normalized spacial score (nSPS) is 22.7. The molecule has 35 heavy (non-hydrogen) atoms. The highest BCUT2D eigenvalue weighted by Crippen LogP contribution is 2.44. The van der Waals surface area contributed by atoms with Crippen molar-refractivity contribution in [1.29, 1.82) is 0 Å². The number of hydrogen-bond acceptors (Lipinski definition) is 5. The van der Waals surface area contributed by atoms with Gasteiger partial charge in [0, 0.05) is 5.92 Å². The molecule has 2 unspecified atom stereocenters. The maximum atomic E-state index is 13.5. The van der Waals surface area contributed by atoms with E-state index in [1.165, 1.54) is 0 Å². The van der Waals surface area contributed by atoms with Crippen molar-refractivity contribution in [2.75, 3.05) is 6.61 Å². The lowest BCUT2D eigenvalue weighted by Gasteiger charge is -2.31. The maximum Gasteiger partial charge on any atom is 0.407 e. The molecule has 1 fully saturated rings. The molecule has 1 amide bonds. The van der Waals surface area contributed by atoms with Crippen LogP contribution >= 0.6 is 0 Å². The SMILES string of the molecule is C=C1CC(C(=O)[C@@H](NC(=O)OCC2c3ccccc3-c3ccccc32)[C@@H](C)CC)C(N)(C(=O)O)C1. The van der Waals surface area contributed by atoms with Crippen LogP contribution in [0.2, 0.25) is 0 Å². The molecule has 184 valence electrons. The summed E-state index contributed by atoms with van der Waals surface area (Å²) < 4.78 is 5.63. The van der Waals surface area contributed by atoms with Crippen molar-refractivity contribution in [1.82, 2.24) is 5.32 Å². The average Bonchev–Trinajstić information content (AvgIpc) is 3.34. The fourth-order valence-corrected chi connectivity index (χ4v) is 5.37. The molecule has 7 heteroatoms. The molecule has 2 aromatic rings. The molecule has 0 saturated heterocycles. The third-order valence-electron chi connectivity index (χ3n) is 7.54. The smallest absolute Gasteiger partial charge is 0.407 e. The number of carboxylic acids is 1. The van der Waals surface area contributed by atoms with Crippen molar-refractivity contribution in [3.8, 4) is 11.1 Å². The monoisotopic (exact) mass is 476 g/mol. The van der Waals surface area contributed by atoms with Gasteiger partial charge >= 0.3 is 12.1 Å². The molecule has 4 atom stereocenters. The fourth-order valence-electron chi connectivity index (χ4n) is 5.37. The molecule has 4 N–H and O–H groups in total. The summed E-state index contributed by atoms with van der Waals surface area (Å²) in [6, 6.07) is 15.2. The zero-order valence-electron chi connectivity index (χ0n) is 20.1. The van der Waals surface area contributed by atoms with Crippen molar-refractivity contribution >= 4 is 17.8 Å². The lowest BCUT2D eigenvalue weighted by atomic mass is 9.79. The van der Waals surface area contributed by atoms with Crippen molar-refractivity contribution < 1.29 is 24.2 Å². The Morgan fingerprint density at radius 1 is 1.14 bits per heavy atom. The standard InChI is InChI=1S/C28H32N2O5/c1-4-17(3)24(25(31)23-13-16(2)14-28(23,29)26(32)33)30-27(34)35-15-22-20-11-7-5-9-18(20)19-10-6-8-12-21(19)22/h5-12,17,22-24H,2,4,13-15,29H2,1,3H3,(H,30,34)(H,32,33)/t17-,23?,24-,28?/m0/s1. The van der Waals surface area contributed by atoms with Crippen molar-refractivity contribution in [2.24, 2.45) is 17.6 Å². The van der Waals surface area contributed by atoms with Crippen LogP contribution < -0.4 is 11.1 Å². The largest absolute Gasteiger partial charge is 0.480 e. The van der Waals surface area contributed by atoms with E-state index in [0.29, 0.717) is 12.0 Å². The minimum Gasteiger partial charge on any atom is -0.480 e. The van der Waals surface area contributed by atoms with Gasteiger partial charge in [0.1, 0.15) is 12.1 Å². The van der Waals surface area contributed by atoms with Gasteiger partial charge in [-0.05, 0) is 41.0 Å². The fraction of sp³-hybridized carbons (Fsp3) is 0.393. The lowest BCUT2D eigenvalue weighted by Crippen LogP contribution is -2.58. The van der Waals surface area contributed by atoms with E-state index in [-0.39, 0.29) is 31.3 Å². The zero-order valence-corrected chi connectivity index (χ0v) is 20.1. The van der Waals surface area contributed by atoms with Gasteiger partial charge in [-0.1, -0.05) is 81.0 Å². The predicted octanol–water partition coefficient (Wildman–Crippen LogP) is 4.26. The number of Topliss-reactive ketones (excluding diaryl/α,β-unsaturated/α-hetero) is 1. The Morgan fingerprint density at radius 3 is 2.26 bits per heavy atom. The van der Waals surface area contributed by atoms with Gasteiger partial charge in [-0.3, -0.25) is 9.59 Å². The van der Waals surface area contributed by atoms with Gasteiger partial charge in [0.15, 0.2) is 5.78 Å². The van der Waals surface area contributed by atoms with Crippen LogP contribution in [0.5, 0.6) is 0 Å². The highest BCUT2D eigenvalue weighted by molar-refractivity contribution is 5.96. The summed E-state index contributed by atoms with van der Waals surface area (Å²) >= 11 is 0. The molecule has 4 rings (SSSR count). The van der Waals surface area contributed by atoms with E-state index in [4.69, 9.17) is 10.5 Å². The summed E-state index contributed by atoms with van der Waals surface area (Å²) in [6.45, 7) is 7.73. The Labute approximate surface area is 205 Å². The highest BCUT2D eigenvalue weighted by Gasteiger charge is 2.53. The third kappa shape index (κ3) is 4.48. The summed E-state index contributed by atoms with van der Waals surface area (Å²) in [5.41, 5.74) is 9.49. The molecule has 2 aliphatic carbocycles. The van der Waals surface area contributed by atoms with Crippen LogP contribution in [0.25, 0.3) is 11.1 Å². The van der Waals surface area contributed by atoms with Gasteiger partial charge < -0.3 is 20.9 Å². The lowest BCUT2D eigenvalue weighted by molar-refractivity contribution is -0.148. The second-order valence-electron chi connectivity index (χ2n) is 9.76. The molecule has 1 saturated carbocycles. The Hall–Kier alpha value is -3.45. The van der Waals surface area contributed by atoms with Gasteiger partial charge in [0.25, 0.3) is 0 Å². The minimum atomic E-state index is -1.72. The van der Waals surface area contributed by atoms with E-state index < -0.39 is 35.3 Å². The number of ether oxygens (including phenoxy) is 1. The number of amides is 1. The van der Waals surface area contributed by atoms with Crippen molar-refractivity contribution in [2.45, 2.75) is 50.6 Å². The summed E-state index contributed by atoms with van der Waals surface area (Å²) in [5, 5.41) is 12.4. The first-order valence-corrected chi connectivity index (χ1v) is 12.0. The number of nitrogens with two attached hydrogens (primary N) is 1. The van der Waals surface area contributed by atoms with Crippen LogP contribution in [0.3, 0.4) is 0 Å².